The van der Waals surface area contributed by atoms with Gasteiger partial charge in [-0.3, -0.25) is 0 Å². The summed E-state index contributed by atoms with van der Waals surface area (Å²) in [5, 5.41) is 0. The minimum atomic E-state index is 0.401. The Hall–Kier alpha value is -3.26. The predicted molar refractivity (Wildman–Crippen MR) is 110 cm³/mol. The van der Waals surface area contributed by atoms with Crippen molar-refractivity contribution in [3.05, 3.63) is 84.9 Å². The molecule has 0 unspecified atom stereocenters. The first-order chi connectivity index (χ1) is 12.9. The van der Waals surface area contributed by atoms with Crippen LogP contribution in [0, 0.1) is 0 Å². The highest BCUT2D eigenvalue weighted by Gasteiger charge is 2.48. The molecule has 0 atom stereocenters. The zero-order valence-electron chi connectivity index (χ0n) is 14.1. The molecule has 0 aliphatic carbocycles. The van der Waals surface area contributed by atoms with E-state index < -0.39 is 0 Å². The molecule has 0 amide bonds. The van der Waals surface area contributed by atoms with Gasteiger partial charge in [0.1, 0.15) is 0 Å². The first-order valence-corrected chi connectivity index (χ1v) is 9.18. The van der Waals surface area contributed by atoms with Gasteiger partial charge in [0.25, 0.3) is 0 Å². The highest BCUT2D eigenvalue weighted by Crippen LogP contribution is 2.45. The number of anilines is 3. The van der Waals surface area contributed by atoms with E-state index in [1.807, 2.05) is 0 Å². The van der Waals surface area contributed by atoms with E-state index in [4.69, 9.17) is 0 Å². The topological polar surface area (TPSA) is 3.24 Å². The standard InChI is InChI=1S/C24H14BN/c1-2-7-15(8-3-1)26-20-13-5-11-18-16-9-4-10-17-19-12-6-14-21(26)24(19)25(22(16)17)23(18)20/h1-14H. The Morgan fingerprint density at radius 3 is 1.54 bits per heavy atom. The van der Waals surface area contributed by atoms with Crippen molar-refractivity contribution < 1.29 is 0 Å². The summed E-state index contributed by atoms with van der Waals surface area (Å²) in [6.07, 6.45) is 0. The van der Waals surface area contributed by atoms with Gasteiger partial charge < -0.3 is 4.90 Å². The normalized spacial score (nSPS) is 14.0. The lowest BCUT2D eigenvalue weighted by Crippen LogP contribution is -2.52. The van der Waals surface area contributed by atoms with Crippen LogP contribution >= 0.6 is 0 Å². The molecule has 0 saturated heterocycles. The maximum absolute atomic E-state index is 2.45. The molecule has 3 heterocycles. The summed E-state index contributed by atoms with van der Waals surface area (Å²) < 4.78 is 0. The summed E-state index contributed by atoms with van der Waals surface area (Å²) in [7, 11) is 0. The van der Waals surface area contributed by atoms with Gasteiger partial charge >= 0.3 is 0 Å². The molecule has 7 rings (SSSR count). The van der Waals surface area contributed by atoms with Crippen LogP contribution in [0.25, 0.3) is 22.3 Å². The molecule has 0 saturated carbocycles. The number of rotatable bonds is 1. The molecule has 1 nitrogen and oxygen atoms in total. The van der Waals surface area contributed by atoms with Crippen molar-refractivity contribution in [3.63, 3.8) is 0 Å². The largest absolute Gasteiger partial charge is 0.311 e. The van der Waals surface area contributed by atoms with E-state index in [-0.39, 0.29) is 0 Å². The average Bonchev–Trinajstić information content (AvgIpc) is 3.22. The van der Waals surface area contributed by atoms with Gasteiger partial charge in [-0.1, -0.05) is 66.1 Å². The van der Waals surface area contributed by atoms with E-state index in [2.05, 4.69) is 89.8 Å². The van der Waals surface area contributed by atoms with E-state index in [1.54, 1.807) is 0 Å². The minimum Gasteiger partial charge on any atom is -0.311 e. The van der Waals surface area contributed by atoms with Crippen molar-refractivity contribution in [1.29, 1.82) is 0 Å². The maximum atomic E-state index is 2.45. The monoisotopic (exact) mass is 327 g/mol. The fraction of sp³-hybridized carbons (Fsp3) is 0. The van der Waals surface area contributed by atoms with Crippen LogP contribution < -0.4 is 21.3 Å². The zero-order chi connectivity index (χ0) is 16.8. The fourth-order valence-electron chi connectivity index (χ4n) is 5.34. The van der Waals surface area contributed by atoms with Crippen molar-refractivity contribution >= 4 is 40.2 Å². The lowest BCUT2D eigenvalue weighted by Gasteiger charge is -2.35. The molecule has 3 aliphatic rings. The molecule has 26 heavy (non-hydrogen) atoms. The summed E-state index contributed by atoms with van der Waals surface area (Å²) in [5.41, 5.74) is 14.0. The highest BCUT2D eigenvalue weighted by molar-refractivity contribution is 7.04. The molecular weight excluding hydrogens is 313 g/mol. The number of fused-ring (bicyclic) bond motifs is 2. The molecule has 0 bridgehead atoms. The molecule has 3 aliphatic heterocycles. The van der Waals surface area contributed by atoms with Crippen molar-refractivity contribution in [3.8, 4) is 22.3 Å². The van der Waals surface area contributed by atoms with E-state index in [9.17, 15) is 0 Å². The van der Waals surface area contributed by atoms with Crippen LogP contribution in [0.4, 0.5) is 17.1 Å². The van der Waals surface area contributed by atoms with Gasteiger partial charge in [-0.2, -0.15) is 0 Å². The third kappa shape index (κ3) is 1.30. The highest BCUT2D eigenvalue weighted by atomic mass is 15.2. The van der Waals surface area contributed by atoms with Crippen LogP contribution in [0.1, 0.15) is 0 Å². The Balaban J connectivity index is 1.69. The molecular formula is C24H14BN. The Labute approximate surface area is 152 Å². The Bertz CT molecular complexity index is 1170. The fourth-order valence-corrected chi connectivity index (χ4v) is 5.34. The van der Waals surface area contributed by atoms with Crippen LogP contribution in [0.15, 0.2) is 84.9 Å². The Kier molecular flexibility index (Phi) is 2.14. The second-order valence-electron chi connectivity index (χ2n) is 7.35. The van der Waals surface area contributed by atoms with Gasteiger partial charge in [-0.25, -0.2) is 0 Å². The molecule has 0 aromatic heterocycles. The summed E-state index contributed by atoms with van der Waals surface area (Å²) in [4.78, 5) is 2.45. The van der Waals surface area contributed by atoms with E-state index in [1.165, 1.54) is 55.7 Å². The van der Waals surface area contributed by atoms with Crippen LogP contribution in [-0.4, -0.2) is 6.71 Å². The molecule has 0 radical (unpaired) electrons. The third-order valence-electron chi connectivity index (χ3n) is 6.21. The van der Waals surface area contributed by atoms with Crippen molar-refractivity contribution in [2.45, 2.75) is 0 Å². The molecule has 0 spiro atoms. The second kappa shape index (κ2) is 4.28. The van der Waals surface area contributed by atoms with E-state index in [0.29, 0.717) is 6.71 Å². The van der Waals surface area contributed by atoms with Crippen molar-refractivity contribution in [2.24, 2.45) is 0 Å². The minimum absolute atomic E-state index is 0.401. The van der Waals surface area contributed by atoms with Crippen molar-refractivity contribution in [2.75, 3.05) is 4.90 Å². The predicted octanol–water partition coefficient (Wildman–Crippen LogP) is 3.95. The second-order valence-corrected chi connectivity index (χ2v) is 7.35. The number of hydrogen-bond donors (Lipinski definition) is 0. The number of hydrogen-bond acceptors (Lipinski definition) is 1. The number of nitrogens with zero attached hydrogens (tertiary/aromatic N) is 1. The summed E-state index contributed by atoms with van der Waals surface area (Å²) >= 11 is 0. The van der Waals surface area contributed by atoms with E-state index in [0.717, 1.165) is 0 Å². The number of benzene rings is 4. The Morgan fingerprint density at radius 1 is 0.462 bits per heavy atom. The third-order valence-corrected chi connectivity index (χ3v) is 6.21. The lowest BCUT2D eigenvalue weighted by molar-refractivity contribution is 1.30. The quantitative estimate of drug-likeness (QED) is 0.413. The number of para-hydroxylation sites is 1. The van der Waals surface area contributed by atoms with Gasteiger partial charge in [0.2, 0.25) is 6.71 Å². The summed E-state index contributed by atoms with van der Waals surface area (Å²) in [5.74, 6) is 0. The summed E-state index contributed by atoms with van der Waals surface area (Å²) in [6.45, 7) is 0.401. The van der Waals surface area contributed by atoms with Gasteiger partial charge in [-0.05, 0) is 57.4 Å². The molecule has 118 valence electrons. The van der Waals surface area contributed by atoms with Crippen molar-refractivity contribution in [1.82, 2.24) is 0 Å². The van der Waals surface area contributed by atoms with Crippen LogP contribution in [0.3, 0.4) is 0 Å². The van der Waals surface area contributed by atoms with Crippen LogP contribution in [0.2, 0.25) is 0 Å². The molecule has 0 N–H and O–H groups in total. The maximum Gasteiger partial charge on any atom is 0.249 e. The summed E-state index contributed by atoms with van der Waals surface area (Å²) in [6, 6.07) is 31.1. The molecule has 0 fully saturated rings. The van der Waals surface area contributed by atoms with E-state index >= 15 is 0 Å². The van der Waals surface area contributed by atoms with Gasteiger partial charge in [-0.15, -0.1) is 0 Å². The first kappa shape index (κ1) is 13.0. The van der Waals surface area contributed by atoms with Gasteiger partial charge in [0.15, 0.2) is 0 Å². The molecule has 4 aromatic rings. The smallest absolute Gasteiger partial charge is 0.249 e. The van der Waals surface area contributed by atoms with Crippen LogP contribution in [0.5, 0.6) is 0 Å². The van der Waals surface area contributed by atoms with Gasteiger partial charge in [0.05, 0.1) is 0 Å². The SMILES string of the molecule is c1ccc(N2c3cccc4c3B3c5c-4cccc5-c4cccc2c43)cc1. The van der Waals surface area contributed by atoms with Crippen LogP contribution in [-0.2, 0) is 0 Å². The molecule has 4 aromatic carbocycles. The van der Waals surface area contributed by atoms with Gasteiger partial charge in [0, 0.05) is 17.1 Å². The zero-order valence-corrected chi connectivity index (χ0v) is 14.1. The Morgan fingerprint density at radius 2 is 0.962 bits per heavy atom. The molecule has 2 heteroatoms. The first-order valence-electron chi connectivity index (χ1n) is 9.18. The lowest BCUT2D eigenvalue weighted by atomic mass is 9.39. The average molecular weight is 327 g/mol.